The van der Waals surface area contributed by atoms with Gasteiger partial charge in [-0.2, -0.15) is 0 Å². The lowest BCUT2D eigenvalue weighted by molar-refractivity contribution is -0.312. The van der Waals surface area contributed by atoms with E-state index in [0.717, 1.165) is 4.70 Å². The lowest BCUT2D eigenvalue weighted by Crippen LogP contribution is -2.52. The number of rotatable bonds is 6. The molecular weight excluding hydrogens is 402 g/mol. The maximum Gasteiger partial charge on any atom is 0.104 e. The van der Waals surface area contributed by atoms with Gasteiger partial charge in [0.1, 0.15) is 5.01 Å². The molecule has 0 saturated carbocycles. The highest BCUT2D eigenvalue weighted by molar-refractivity contribution is 7.77. The van der Waals surface area contributed by atoms with Crippen LogP contribution in [0.25, 0.3) is 10.2 Å². The monoisotopic (exact) mass is 417 g/mol. The van der Waals surface area contributed by atoms with E-state index in [1.54, 1.807) is 60.7 Å². The van der Waals surface area contributed by atoms with E-state index in [0.29, 0.717) is 21.7 Å². The fourth-order valence-corrected chi connectivity index (χ4v) is 5.23. The van der Waals surface area contributed by atoms with Crippen molar-refractivity contribution >= 4 is 45.3 Å². The Hall–Kier alpha value is -3.09. The number of para-hydroxylation sites is 1. The molecule has 29 heavy (non-hydrogen) atoms. The topological polar surface area (TPSA) is 70.1 Å². The number of carbonyl (C=O) groups is 2. The first-order chi connectivity index (χ1) is 14.0. The van der Waals surface area contributed by atoms with Crippen LogP contribution in [0.2, 0.25) is 0 Å². The maximum atomic E-state index is 12.8. The third kappa shape index (κ3) is 3.20. The third-order valence-corrected chi connectivity index (χ3v) is 6.34. The Morgan fingerprint density at radius 2 is 1.38 bits per heavy atom. The van der Waals surface area contributed by atoms with E-state index in [1.165, 1.54) is 11.3 Å². The Kier molecular flexibility index (Phi) is 5.13. The van der Waals surface area contributed by atoms with Gasteiger partial charge in [-0.3, -0.25) is 0 Å². The molecule has 1 heterocycles. The van der Waals surface area contributed by atoms with Gasteiger partial charge in [0.2, 0.25) is 0 Å². The molecule has 144 valence electrons. The molecule has 0 aliphatic carbocycles. The number of nitrogens with zero attached hydrogens (tertiary/aromatic N) is 1. The van der Waals surface area contributed by atoms with Gasteiger partial charge in [-0.25, -0.2) is 4.98 Å². The third-order valence-electron chi connectivity index (χ3n) is 5.01. The SMILES string of the molecule is O=C([S-])C(c1nc2ccccc2s1)C(C(=O)[O-])(c1ccccc1)c1ccccc1. The maximum absolute atomic E-state index is 12.8. The van der Waals surface area contributed by atoms with Gasteiger partial charge in [-0.15, -0.1) is 11.3 Å². The van der Waals surface area contributed by atoms with Gasteiger partial charge in [0.15, 0.2) is 0 Å². The van der Waals surface area contributed by atoms with Crippen molar-refractivity contribution in [3.8, 4) is 0 Å². The minimum absolute atomic E-state index is 0.364. The van der Waals surface area contributed by atoms with Crippen LogP contribution < -0.4 is 5.11 Å². The zero-order chi connectivity index (χ0) is 20.4. The van der Waals surface area contributed by atoms with Crippen LogP contribution in [0.5, 0.6) is 0 Å². The number of hydrogen-bond donors (Lipinski definition) is 0. The predicted octanol–water partition coefficient (Wildman–Crippen LogP) is 3.19. The van der Waals surface area contributed by atoms with Crippen molar-refractivity contribution in [2.45, 2.75) is 11.3 Å². The Morgan fingerprint density at radius 1 is 0.862 bits per heavy atom. The summed E-state index contributed by atoms with van der Waals surface area (Å²) >= 11 is 6.37. The molecule has 1 atom stereocenters. The van der Waals surface area contributed by atoms with Crippen molar-refractivity contribution in [3.63, 3.8) is 0 Å². The number of carboxylic acids is 1. The first kappa shape index (κ1) is 19.2. The van der Waals surface area contributed by atoms with Gasteiger partial charge < -0.3 is 27.3 Å². The average Bonchev–Trinajstić information content (AvgIpc) is 3.16. The molecule has 4 aromatic rings. The molecule has 6 heteroatoms. The molecule has 0 radical (unpaired) electrons. The highest BCUT2D eigenvalue weighted by atomic mass is 32.1. The van der Waals surface area contributed by atoms with Crippen molar-refractivity contribution in [1.29, 1.82) is 0 Å². The molecule has 4 rings (SSSR count). The minimum atomic E-state index is -1.80. The normalized spacial score (nSPS) is 12.6. The summed E-state index contributed by atoms with van der Waals surface area (Å²) in [6, 6.07) is 24.7. The van der Waals surface area contributed by atoms with Crippen molar-refractivity contribution in [3.05, 3.63) is 101 Å². The van der Waals surface area contributed by atoms with Crippen LogP contribution in [0.4, 0.5) is 0 Å². The van der Waals surface area contributed by atoms with E-state index in [1.807, 2.05) is 24.3 Å². The van der Waals surface area contributed by atoms with Crippen LogP contribution in [0.1, 0.15) is 22.1 Å². The lowest BCUT2D eigenvalue weighted by Gasteiger charge is -2.42. The second-order valence-electron chi connectivity index (χ2n) is 6.60. The van der Waals surface area contributed by atoms with Gasteiger partial charge in [0.05, 0.1) is 27.5 Å². The molecule has 0 saturated heterocycles. The van der Waals surface area contributed by atoms with Gasteiger partial charge in [0.25, 0.3) is 0 Å². The number of carboxylic acid groups (broad SMARTS) is 1. The first-order valence-electron chi connectivity index (χ1n) is 8.94. The molecule has 0 amide bonds. The molecule has 1 unspecified atom stereocenters. The first-order valence-corrected chi connectivity index (χ1v) is 10.2. The Balaban J connectivity index is 2.07. The number of hydrogen-bond acceptors (Lipinski definition) is 6. The minimum Gasteiger partial charge on any atom is -0.741 e. The molecule has 0 N–H and O–H groups in total. The number of thiazole rings is 1. The standard InChI is InChI=1S/C23H17NO3S2/c25-21(28)19(20-24-17-13-7-8-14-18(17)29-20)23(22(26)27,15-9-3-1-4-10-15)16-11-5-2-6-12-16/h1-14,19H,(H,25,28)(H,26,27)/p-2. The number of fused-ring (bicyclic) bond motifs is 1. The molecule has 3 aromatic carbocycles. The van der Waals surface area contributed by atoms with Crippen LogP contribution in [0, 0.1) is 0 Å². The summed E-state index contributed by atoms with van der Waals surface area (Å²) in [6.07, 6.45) is 0. The average molecular weight is 418 g/mol. The van der Waals surface area contributed by atoms with Crippen molar-refractivity contribution in [2.75, 3.05) is 0 Å². The molecular formula is C23H15NO3S2-2. The number of benzene rings is 3. The van der Waals surface area contributed by atoms with Crippen LogP contribution in [-0.2, 0) is 27.6 Å². The predicted molar refractivity (Wildman–Crippen MR) is 113 cm³/mol. The van der Waals surface area contributed by atoms with Crippen LogP contribution in [0.3, 0.4) is 0 Å². The van der Waals surface area contributed by atoms with Gasteiger partial charge >= 0.3 is 0 Å². The van der Waals surface area contributed by atoms with Crippen LogP contribution >= 0.6 is 11.3 Å². The number of carbonyl (C=O) groups excluding carboxylic acids is 2. The largest absolute Gasteiger partial charge is 0.741 e. The highest BCUT2D eigenvalue weighted by Gasteiger charge is 2.46. The van der Waals surface area contributed by atoms with Gasteiger partial charge in [-0.1, -0.05) is 72.8 Å². The zero-order valence-electron chi connectivity index (χ0n) is 15.1. The summed E-state index contributed by atoms with van der Waals surface area (Å²) in [5.74, 6) is -2.60. The summed E-state index contributed by atoms with van der Waals surface area (Å²) in [4.78, 5) is 30.2. The summed E-state index contributed by atoms with van der Waals surface area (Å²) in [7, 11) is 0. The summed E-state index contributed by atoms with van der Waals surface area (Å²) in [5.41, 5.74) is -0.251. The van der Waals surface area contributed by atoms with Crippen molar-refractivity contribution in [2.24, 2.45) is 0 Å². The molecule has 0 spiro atoms. The Bertz CT molecular complexity index is 1100. The lowest BCUT2D eigenvalue weighted by atomic mass is 9.66. The van der Waals surface area contributed by atoms with E-state index in [2.05, 4.69) is 4.98 Å². The van der Waals surface area contributed by atoms with E-state index >= 15 is 0 Å². The molecule has 0 aliphatic heterocycles. The van der Waals surface area contributed by atoms with Gasteiger partial charge in [0, 0.05) is 5.12 Å². The Morgan fingerprint density at radius 3 is 1.86 bits per heavy atom. The van der Waals surface area contributed by atoms with E-state index in [-0.39, 0.29) is 0 Å². The second kappa shape index (κ2) is 7.73. The molecule has 0 aliphatic rings. The summed E-state index contributed by atoms with van der Waals surface area (Å²) in [6.45, 7) is 0. The van der Waals surface area contributed by atoms with E-state index in [9.17, 15) is 14.7 Å². The fraction of sp³-hybridized carbons (Fsp3) is 0.0870. The van der Waals surface area contributed by atoms with Gasteiger partial charge in [-0.05, 0) is 23.3 Å². The van der Waals surface area contributed by atoms with Crippen LogP contribution in [-0.4, -0.2) is 16.1 Å². The number of aromatic nitrogens is 1. The molecule has 0 fully saturated rings. The van der Waals surface area contributed by atoms with E-state index in [4.69, 9.17) is 12.6 Å². The quantitative estimate of drug-likeness (QED) is 0.451. The molecule has 1 aromatic heterocycles. The number of aliphatic carboxylic acids is 1. The summed E-state index contributed by atoms with van der Waals surface area (Å²) in [5, 5.41) is 12.5. The molecule has 0 bridgehead atoms. The second-order valence-corrected chi connectivity index (χ2v) is 8.06. The van der Waals surface area contributed by atoms with Crippen molar-refractivity contribution < 1.29 is 14.7 Å². The van der Waals surface area contributed by atoms with Crippen molar-refractivity contribution in [1.82, 2.24) is 4.98 Å². The fourth-order valence-electron chi connectivity index (χ4n) is 3.73. The van der Waals surface area contributed by atoms with E-state index < -0.39 is 22.4 Å². The smallest absolute Gasteiger partial charge is 0.104 e. The zero-order valence-corrected chi connectivity index (χ0v) is 16.8. The Labute approximate surface area is 177 Å². The molecule has 4 nitrogen and oxygen atoms in total. The highest BCUT2D eigenvalue weighted by Crippen LogP contribution is 2.46. The van der Waals surface area contributed by atoms with Crippen LogP contribution in [0.15, 0.2) is 84.9 Å². The summed E-state index contributed by atoms with van der Waals surface area (Å²) < 4.78 is 0.858.